The number of nitrogens with one attached hydrogen (secondary N) is 3. The van der Waals surface area contributed by atoms with E-state index in [-0.39, 0.29) is 23.5 Å². The van der Waals surface area contributed by atoms with E-state index in [9.17, 15) is 9.18 Å². The normalized spacial score (nSPS) is 23.1. The zero-order chi connectivity index (χ0) is 22.2. The Balaban J connectivity index is 1.59. The molecule has 3 heterocycles. The fraction of sp³-hybridized carbons (Fsp3) is 0.409. The van der Waals surface area contributed by atoms with Gasteiger partial charge in [-0.25, -0.2) is 9.37 Å². The van der Waals surface area contributed by atoms with Crippen LogP contribution in [-0.4, -0.2) is 41.5 Å². The Morgan fingerprint density at radius 2 is 2.26 bits per heavy atom. The molecule has 0 aliphatic carbocycles. The van der Waals surface area contributed by atoms with Crippen LogP contribution in [-0.2, 0) is 10.3 Å². The van der Waals surface area contributed by atoms with E-state index in [4.69, 9.17) is 16.9 Å². The van der Waals surface area contributed by atoms with Crippen molar-refractivity contribution >= 4 is 34.6 Å². The predicted molar refractivity (Wildman–Crippen MR) is 119 cm³/mol. The molecule has 3 N–H and O–H groups in total. The van der Waals surface area contributed by atoms with Crippen molar-refractivity contribution in [1.29, 1.82) is 5.26 Å². The second-order valence-electron chi connectivity index (χ2n) is 8.03. The minimum Gasteiger partial charge on any atom is -0.384 e. The molecule has 2 aromatic rings. The van der Waals surface area contributed by atoms with E-state index in [1.54, 1.807) is 12.3 Å². The third-order valence-corrected chi connectivity index (χ3v) is 6.34. The van der Waals surface area contributed by atoms with Crippen LogP contribution in [0, 0.1) is 17.1 Å². The van der Waals surface area contributed by atoms with Crippen molar-refractivity contribution in [2.75, 3.05) is 35.6 Å². The largest absolute Gasteiger partial charge is 0.384 e. The van der Waals surface area contributed by atoms with Crippen LogP contribution in [0.3, 0.4) is 0 Å². The number of carbonyl (C=O) groups excluding carboxylic acids is 1. The van der Waals surface area contributed by atoms with Gasteiger partial charge in [-0.3, -0.25) is 9.69 Å². The van der Waals surface area contributed by atoms with Gasteiger partial charge in [-0.15, -0.1) is 0 Å². The first kappa shape index (κ1) is 21.3. The number of pyridine rings is 1. The van der Waals surface area contributed by atoms with Crippen molar-refractivity contribution in [1.82, 2.24) is 9.88 Å². The monoisotopic (exact) mass is 442 g/mol. The zero-order valence-electron chi connectivity index (χ0n) is 17.4. The van der Waals surface area contributed by atoms with E-state index in [0.717, 1.165) is 25.1 Å². The van der Waals surface area contributed by atoms with Crippen LogP contribution in [0.25, 0.3) is 0 Å². The summed E-state index contributed by atoms with van der Waals surface area (Å²) in [6.07, 6.45) is 3.37. The van der Waals surface area contributed by atoms with E-state index in [2.05, 4.69) is 25.8 Å². The first-order valence-electron chi connectivity index (χ1n) is 10.3. The van der Waals surface area contributed by atoms with Gasteiger partial charge in [0, 0.05) is 24.7 Å². The van der Waals surface area contributed by atoms with Gasteiger partial charge in [0.05, 0.1) is 28.3 Å². The number of amides is 1. The maximum atomic E-state index is 14.4. The SMILES string of the molecule is CCNc1cc(F)cc2c1NC(=O)C2(C)N1CCC[C@@H](Nc2cnc(C#N)c(Cl)c2)C1. The number of nitriles is 1. The van der Waals surface area contributed by atoms with E-state index >= 15 is 0 Å². The van der Waals surface area contributed by atoms with Crippen LogP contribution in [0.5, 0.6) is 0 Å². The third-order valence-electron chi connectivity index (χ3n) is 6.05. The number of benzene rings is 1. The number of piperidine rings is 1. The van der Waals surface area contributed by atoms with Gasteiger partial charge < -0.3 is 16.0 Å². The molecule has 162 valence electrons. The van der Waals surface area contributed by atoms with Crippen molar-refractivity contribution < 1.29 is 9.18 Å². The fourth-order valence-electron chi connectivity index (χ4n) is 4.46. The number of nitrogens with zero attached hydrogens (tertiary/aromatic N) is 3. The lowest BCUT2D eigenvalue weighted by Gasteiger charge is -2.42. The van der Waals surface area contributed by atoms with Crippen molar-refractivity contribution in [3.05, 3.63) is 46.5 Å². The smallest absolute Gasteiger partial charge is 0.249 e. The van der Waals surface area contributed by atoms with E-state index in [1.165, 1.54) is 12.1 Å². The second-order valence-corrected chi connectivity index (χ2v) is 8.44. The Labute approximate surface area is 185 Å². The highest BCUT2D eigenvalue weighted by molar-refractivity contribution is 6.31. The highest BCUT2D eigenvalue weighted by atomic mass is 35.5. The molecule has 1 fully saturated rings. The molecule has 0 spiro atoms. The fourth-order valence-corrected chi connectivity index (χ4v) is 4.67. The average Bonchev–Trinajstić information content (AvgIpc) is 3.00. The van der Waals surface area contributed by atoms with Gasteiger partial charge in [0.2, 0.25) is 5.91 Å². The quantitative estimate of drug-likeness (QED) is 0.649. The Bertz CT molecular complexity index is 1070. The number of hydrogen-bond donors (Lipinski definition) is 3. The van der Waals surface area contributed by atoms with Crippen molar-refractivity contribution in [3.63, 3.8) is 0 Å². The van der Waals surface area contributed by atoms with Crippen LogP contribution >= 0.6 is 11.6 Å². The van der Waals surface area contributed by atoms with Crippen LogP contribution < -0.4 is 16.0 Å². The van der Waals surface area contributed by atoms with Gasteiger partial charge in [-0.05, 0) is 51.4 Å². The van der Waals surface area contributed by atoms with Gasteiger partial charge >= 0.3 is 0 Å². The van der Waals surface area contributed by atoms with E-state index < -0.39 is 5.54 Å². The Hall–Kier alpha value is -2.89. The van der Waals surface area contributed by atoms with E-state index in [1.807, 2.05) is 19.9 Å². The molecule has 1 unspecified atom stereocenters. The molecule has 31 heavy (non-hydrogen) atoms. The van der Waals surface area contributed by atoms with Gasteiger partial charge in [-0.2, -0.15) is 5.26 Å². The Morgan fingerprint density at radius 3 is 2.97 bits per heavy atom. The molecule has 0 saturated carbocycles. The third kappa shape index (κ3) is 3.80. The first-order valence-corrected chi connectivity index (χ1v) is 10.7. The minimum atomic E-state index is -0.970. The lowest BCUT2D eigenvalue weighted by atomic mass is 9.88. The number of anilines is 3. The Morgan fingerprint density at radius 1 is 1.45 bits per heavy atom. The van der Waals surface area contributed by atoms with Crippen LogP contribution in [0.4, 0.5) is 21.5 Å². The van der Waals surface area contributed by atoms with Crippen LogP contribution in [0.1, 0.15) is 37.9 Å². The number of likely N-dealkylation sites (tertiary alicyclic amines) is 1. The summed E-state index contributed by atoms with van der Waals surface area (Å²) in [7, 11) is 0. The maximum absolute atomic E-state index is 14.4. The standard InChI is InChI=1S/C22H24ClFN6O/c1-3-26-18-8-13(24)7-16-20(18)29-21(31)22(16,2)30-6-4-5-14(12-30)28-15-9-17(23)19(10-25)27-11-15/h7-9,11,14,26,28H,3-6,12H2,1-2H3,(H,29,31)/t14-,22?/m1/s1. The number of aromatic nitrogens is 1. The summed E-state index contributed by atoms with van der Waals surface area (Å²) >= 11 is 6.10. The van der Waals surface area contributed by atoms with Gasteiger partial charge in [0.1, 0.15) is 17.4 Å². The van der Waals surface area contributed by atoms with Crippen LogP contribution in [0.15, 0.2) is 24.4 Å². The van der Waals surface area contributed by atoms with Gasteiger partial charge in [0.25, 0.3) is 0 Å². The van der Waals surface area contributed by atoms with Gasteiger partial charge in [0.15, 0.2) is 5.69 Å². The number of fused-ring (bicyclic) bond motifs is 1. The summed E-state index contributed by atoms with van der Waals surface area (Å²) in [5.74, 6) is -0.529. The molecule has 9 heteroatoms. The highest BCUT2D eigenvalue weighted by Crippen LogP contribution is 2.45. The number of carbonyl (C=O) groups is 1. The summed E-state index contributed by atoms with van der Waals surface area (Å²) in [4.78, 5) is 19.3. The summed E-state index contributed by atoms with van der Waals surface area (Å²) in [6, 6.07) is 6.55. The van der Waals surface area contributed by atoms with Crippen molar-refractivity contribution in [2.24, 2.45) is 0 Å². The maximum Gasteiger partial charge on any atom is 0.249 e. The molecule has 4 rings (SSSR count). The second kappa shape index (κ2) is 8.33. The molecular formula is C22H24ClFN6O. The lowest BCUT2D eigenvalue weighted by molar-refractivity contribution is -0.127. The molecule has 1 aromatic carbocycles. The summed E-state index contributed by atoms with van der Waals surface area (Å²) < 4.78 is 14.4. The summed E-state index contributed by atoms with van der Waals surface area (Å²) in [5, 5.41) is 18.8. The highest BCUT2D eigenvalue weighted by Gasteiger charge is 2.49. The number of rotatable bonds is 5. The number of halogens is 2. The lowest BCUT2D eigenvalue weighted by Crippen LogP contribution is -2.55. The van der Waals surface area contributed by atoms with Crippen LogP contribution in [0.2, 0.25) is 5.02 Å². The topological polar surface area (TPSA) is 93.1 Å². The van der Waals surface area contributed by atoms with Crippen molar-refractivity contribution in [2.45, 2.75) is 38.3 Å². The van der Waals surface area contributed by atoms with Gasteiger partial charge in [-0.1, -0.05) is 11.6 Å². The zero-order valence-corrected chi connectivity index (χ0v) is 18.2. The predicted octanol–water partition coefficient (Wildman–Crippen LogP) is 3.92. The molecular weight excluding hydrogens is 419 g/mol. The molecule has 2 atom stereocenters. The molecule has 2 aliphatic rings. The average molecular weight is 443 g/mol. The molecule has 7 nitrogen and oxygen atoms in total. The Kier molecular flexibility index (Phi) is 5.73. The minimum absolute atomic E-state index is 0.0509. The molecule has 1 amide bonds. The summed E-state index contributed by atoms with van der Waals surface area (Å²) in [5.41, 5.74) is 1.83. The van der Waals surface area contributed by atoms with E-state index in [0.29, 0.717) is 35.1 Å². The molecule has 0 bridgehead atoms. The molecule has 0 radical (unpaired) electrons. The molecule has 2 aliphatic heterocycles. The number of hydrogen-bond acceptors (Lipinski definition) is 6. The molecule has 1 saturated heterocycles. The van der Waals surface area contributed by atoms with Crippen molar-refractivity contribution in [3.8, 4) is 6.07 Å². The molecule has 1 aromatic heterocycles. The summed E-state index contributed by atoms with van der Waals surface area (Å²) in [6.45, 7) is 5.72. The first-order chi connectivity index (χ1) is 14.9.